The van der Waals surface area contributed by atoms with Gasteiger partial charge in [0.25, 0.3) is 0 Å². The van der Waals surface area contributed by atoms with Crippen LogP contribution in [0.2, 0.25) is 0 Å². The number of hydrogen-bond donors (Lipinski definition) is 1. The molecule has 2 aromatic rings. The first kappa shape index (κ1) is 9.21. The fourth-order valence-electron chi connectivity index (χ4n) is 1.38. The van der Waals surface area contributed by atoms with Crippen LogP contribution in [0.25, 0.3) is 10.1 Å². The van der Waals surface area contributed by atoms with Gasteiger partial charge in [-0.25, -0.2) is 0 Å². The van der Waals surface area contributed by atoms with Crippen LogP contribution in [0.1, 0.15) is 12.5 Å². The minimum Gasteiger partial charge on any atom is -0.478 e. The summed E-state index contributed by atoms with van der Waals surface area (Å²) in [5.41, 5.74) is 0.896. The molecule has 2 rings (SSSR count). The molecular weight excluding hydrogens is 194 g/mol. The average molecular weight is 205 g/mol. The molecule has 1 N–H and O–H groups in total. The highest BCUT2D eigenvalue weighted by Crippen LogP contribution is 2.25. The lowest BCUT2D eigenvalue weighted by Gasteiger charge is -2.02. The van der Waals surface area contributed by atoms with E-state index in [2.05, 4.69) is 6.07 Å². The molecule has 0 saturated carbocycles. The van der Waals surface area contributed by atoms with Gasteiger partial charge in [-0.1, -0.05) is 18.2 Å². The second-order valence-corrected chi connectivity index (χ2v) is 3.82. The Bertz CT molecular complexity index is 461. The molecule has 3 heteroatoms. The van der Waals surface area contributed by atoms with Crippen LogP contribution >= 0.6 is 11.3 Å². The molecule has 0 saturated heterocycles. The zero-order chi connectivity index (χ0) is 9.97. The largest absolute Gasteiger partial charge is 0.478 e. The summed E-state index contributed by atoms with van der Waals surface area (Å²) >= 11 is 1.65. The summed E-state index contributed by atoms with van der Waals surface area (Å²) in [4.78, 5) is 0. The van der Waals surface area contributed by atoms with Crippen LogP contribution < -0.4 is 0 Å². The second-order valence-electron chi connectivity index (χ2n) is 2.91. The fourth-order valence-corrected chi connectivity index (χ4v) is 2.32. The van der Waals surface area contributed by atoms with Gasteiger partial charge in [0.2, 0.25) is 5.90 Å². The first-order valence-electron chi connectivity index (χ1n) is 4.51. The highest BCUT2D eigenvalue weighted by atomic mass is 32.1. The summed E-state index contributed by atoms with van der Waals surface area (Å²) < 4.78 is 6.39. The molecule has 0 radical (unpaired) electrons. The third-order valence-corrected chi connectivity index (χ3v) is 2.98. The standard InChI is InChI=1S/C11H11NOS/c1-2-13-11(12)9-7-14-10-6-4-3-5-8(9)10/h3-7,12H,2H2,1H3. The van der Waals surface area contributed by atoms with Gasteiger partial charge in [-0.15, -0.1) is 11.3 Å². The van der Waals surface area contributed by atoms with Crippen molar-refractivity contribution in [2.24, 2.45) is 0 Å². The molecular formula is C11H11NOS. The van der Waals surface area contributed by atoms with Crippen molar-refractivity contribution in [1.82, 2.24) is 0 Å². The number of nitrogens with one attached hydrogen (secondary N) is 1. The number of thiophene rings is 1. The van der Waals surface area contributed by atoms with Gasteiger partial charge >= 0.3 is 0 Å². The van der Waals surface area contributed by atoms with Gasteiger partial charge in [0.05, 0.1) is 12.2 Å². The third kappa shape index (κ3) is 1.51. The van der Waals surface area contributed by atoms with Crippen molar-refractivity contribution in [3.05, 3.63) is 35.2 Å². The minimum atomic E-state index is 0.268. The molecule has 1 aromatic carbocycles. The maximum Gasteiger partial charge on any atom is 0.214 e. The van der Waals surface area contributed by atoms with Gasteiger partial charge in [-0.05, 0) is 13.0 Å². The Morgan fingerprint density at radius 1 is 1.43 bits per heavy atom. The van der Waals surface area contributed by atoms with E-state index >= 15 is 0 Å². The molecule has 0 unspecified atom stereocenters. The van der Waals surface area contributed by atoms with Crippen molar-refractivity contribution in [2.45, 2.75) is 6.92 Å². The van der Waals surface area contributed by atoms with Gasteiger partial charge < -0.3 is 4.74 Å². The Balaban J connectivity index is 2.47. The van der Waals surface area contributed by atoms with Crippen molar-refractivity contribution in [2.75, 3.05) is 6.61 Å². The summed E-state index contributed by atoms with van der Waals surface area (Å²) in [6.45, 7) is 2.44. The van der Waals surface area contributed by atoms with E-state index in [0.717, 1.165) is 10.9 Å². The van der Waals surface area contributed by atoms with Crippen LogP contribution in [0.4, 0.5) is 0 Å². The van der Waals surface area contributed by atoms with Gasteiger partial charge in [0.15, 0.2) is 0 Å². The topological polar surface area (TPSA) is 33.1 Å². The maximum absolute atomic E-state index is 7.71. The summed E-state index contributed by atoms with van der Waals surface area (Å²) in [6.07, 6.45) is 0. The van der Waals surface area contributed by atoms with E-state index in [-0.39, 0.29) is 5.90 Å². The normalized spacial score (nSPS) is 10.4. The monoisotopic (exact) mass is 205 g/mol. The van der Waals surface area contributed by atoms with E-state index < -0.39 is 0 Å². The van der Waals surface area contributed by atoms with Gasteiger partial charge in [0.1, 0.15) is 0 Å². The molecule has 14 heavy (non-hydrogen) atoms. The Kier molecular flexibility index (Phi) is 2.50. The van der Waals surface area contributed by atoms with E-state index in [1.807, 2.05) is 30.5 Å². The number of ether oxygens (including phenoxy) is 1. The van der Waals surface area contributed by atoms with Gasteiger partial charge in [-0.2, -0.15) is 0 Å². The van der Waals surface area contributed by atoms with Crippen molar-refractivity contribution in [3.8, 4) is 0 Å². The van der Waals surface area contributed by atoms with Crippen molar-refractivity contribution in [1.29, 1.82) is 5.41 Å². The molecule has 0 aliphatic rings. The third-order valence-electron chi connectivity index (χ3n) is 2.01. The fraction of sp³-hybridized carbons (Fsp3) is 0.182. The summed E-state index contributed by atoms with van der Waals surface area (Å²) in [5.74, 6) is 0.268. The summed E-state index contributed by atoms with van der Waals surface area (Å²) in [5, 5.41) is 10.8. The van der Waals surface area contributed by atoms with E-state index in [1.54, 1.807) is 11.3 Å². The molecule has 72 valence electrons. The Labute approximate surface area is 86.6 Å². The van der Waals surface area contributed by atoms with E-state index in [4.69, 9.17) is 10.1 Å². The summed E-state index contributed by atoms with van der Waals surface area (Å²) in [6, 6.07) is 8.07. The van der Waals surface area contributed by atoms with E-state index in [9.17, 15) is 0 Å². The first-order chi connectivity index (χ1) is 6.83. The van der Waals surface area contributed by atoms with Crippen molar-refractivity contribution >= 4 is 27.3 Å². The van der Waals surface area contributed by atoms with Crippen LogP contribution in [0.5, 0.6) is 0 Å². The number of benzene rings is 1. The summed E-state index contributed by atoms with van der Waals surface area (Å²) in [7, 11) is 0. The molecule has 0 bridgehead atoms. The Hall–Kier alpha value is -1.35. The zero-order valence-electron chi connectivity index (χ0n) is 7.91. The zero-order valence-corrected chi connectivity index (χ0v) is 8.73. The van der Waals surface area contributed by atoms with E-state index in [1.165, 1.54) is 4.70 Å². The lowest BCUT2D eigenvalue weighted by molar-refractivity contribution is 0.326. The second kappa shape index (κ2) is 3.80. The van der Waals surface area contributed by atoms with E-state index in [0.29, 0.717) is 6.61 Å². The highest BCUT2D eigenvalue weighted by Gasteiger charge is 2.08. The lowest BCUT2D eigenvalue weighted by atomic mass is 10.2. The van der Waals surface area contributed by atoms with Crippen molar-refractivity contribution < 1.29 is 4.74 Å². The molecule has 0 aliphatic carbocycles. The van der Waals surface area contributed by atoms with Gasteiger partial charge in [0, 0.05) is 15.5 Å². The quantitative estimate of drug-likeness (QED) is 0.592. The van der Waals surface area contributed by atoms with Crippen LogP contribution in [-0.4, -0.2) is 12.5 Å². The average Bonchev–Trinajstić information content (AvgIpc) is 2.61. The Morgan fingerprint density at radius 3 is 3.00 bits per heavy atom. The molecule has 0 fully saturated rings. The molecule has 1 heterocycles. The molecule has 0 aliphatic heterocycles. The number of hydrogen-bond acceptors (Lipinski definition) is 3. The Morgan fingerprint density at radius 2 is 2.21 bits per heavy atom. The molecule has 1 aromatic heterocycles. The highest BCUT2D eigenvalue weighted by molar-refractivity contribution is 7.17. The van der Waals surface area contributed by atoms with Crippen LogP contribution in [0.3, 0.4) is 0 Å². The predicted octanol–water partition coefficient (Wildman–Crippen LogP) is 3.26. The maximum atomic E-state index is 7.71. The minimum absolute atomic E-state index is 0.268. The van der Waals surface area contributed by atoms with Crippen LogP contribution in [0.15, 0.2) is 29.6 Å². The lowest BCUT2D eigenvalue weighted by Crippen LogP contribution is -2.03. The molecule has 0 atom stereocenters. The predicted molar refractivity (Wildman–Crippen MR) is 60.3 cm³/mol. The van der Waals surface area contributed by atoms with Crippen LogP contribution in [0, 0.1) is 5.41 Å². The molecule has 2 nitrogen and oxygen atoms in total. The number of rotatable bonds is 2. The SMILES string of the molecule is CCOC(=N)c1csc2ccccc12. The molecule has 0 amide bonds. The number of fused-ring (bicyclic) bond motifs is 1. The van der Waals surface area contributed by atoms with Crippen LogP contribution in [-0.2, 0) is 4.74 Å². The first-order valence-corrected chi connectivity index (χ1v) is 5.39. The van der Waals surface area contributed by atoms with Gasteiger partial charge in [-0.3, -0.25) is 5.41 Å². The smallest absolute Gasteiger partial charge is 0.214 e. The van der Waals surface area contributed by atoms with Crippen molar-refractivity contribution in [3.63, 3.8) is 0 Å². The molecule has 0 spiro atoms.